The average Bonchev–Trinajstić information content (AvgIpc) is 2.69. The van der Waals surface area contributed by atoms with Gasteiger partial charge in [0.05, 0.1) is 4.90 Å². The fourth-order valence-corrected chi connectivity index (χ4v) is 4.42. The average molecular weight is 428 g/mol. The molecule has 0 radical (unpaired) electrons. The van der Waals surface area contributed by atoms with Crippen molar-refractivity contribution in [1.29, 1.82) is 0 Å². The molecule has 2 aromatic carbocycles. The molecule has 9 heteroatoms. The van der Waals surface area contributed by atoms with E-state index >= 15 is 0 Å². The monoisotopic (exact) mass is 427 g/mol. The lowest BCUT2D eigenvalue weighted by molar-refractivity contribution is -0.123. The van der Waals surface area contributed by atoms with E-state index < -0.39 is 22.0 Å². The van der Waals surface area contributed by atoms with E-state index in [0.29, 0.717) is 0 Å². The summed E-state index contributed by atoms with van der Waals surface area (Å²) in [4.78, 5) is 21.2. The normalized spacial score (nSPS) is 12.7. The number of anilines is 1. The molecule has 0 fully saturated rings. The first kappa shape index (κ1) is 21.7. The summed E-state index contributed by atoms with van der Waals surface area (Å²) in [5.41, 5.74) is 6.65. The van der Waals surface area contributed by atoms with Crippen molar-refractivity contribution in [2.45, 2.75) is 38.6 Å². The number of nitrogens with one attached hydrogen (secondary N) is 3. The Morgan fingerprint density at radius 1 is 0.933 bits per heavy atom. The van der Waals surface area contributed by atoms with Crippen LogP contribution in [0.2, 0.25) is 0 Å². The maximum atomic E-state index is 12.9. The van der Waals surface area contributed by atoms with Gasteiger partial charge in [0.1, 0.15) is 6.04 Å². The summed E-state index contributed by atoms with van der Waals surface area (Å²) in [5.74, 6) is -0.583. The van der Waals surface area contributed by atoms with E-state index in [2.05, 4.69) is 25.5 Å². The van der Waals surface area contributed by atoms with Crippen molar-refractivity contribution in [2.75, 3.05) is 5.43 Å². The topological polar surface area (TPSA) is 113 Å². The summed E-state index contributed by atoms with van der Waals surface area (Å²) < 4.78 is 28.4. The van der Waals surface area contributed by atoms with Gasteiger partial charge < -0.3 is 0 Å². The molecule has 0 bridgehead atoms. The number of nitrogens with zero attached hydrogens (tertiary/aromatic N) is 2. The van der Waals surface area contributed by atoms with Gasteiger partial charge in [0.25, 0.3) is 5.91 Å². The van der Waals surface area contributed by atoms with Crippen molar-refractivity contribution in [2.24, 2.45) is 5.92 Å². The minimum atomic E-state index is -3.91. The lowest BCUT2D eigenvalue weighted by Gasteiger charge is -2.22. The van der Waals surface area contributed by atoms with E-state index in [9.17, 15) is 13.2 Å². The lowest BCUT2D eigenvalue weighted by Crippen LogP contribution is -2.51. The molecule has 3 aromatic rings. The minimum Gasteiger partial charge on any atom is -0.271 e. The molecular weight excluding hydrogens is 402 g/mol. The highest BCUT2D eigenvalue weighted by molar-refractivity contribution is 7.89. The van der Waals surface area contributed by atoms with Gasteiger partial charge in [-0.15, -0.1) is 0 Å². The smallest absolute Gasteiger partial charge is 0.256 e. The number of benzene rings is 2. The molecule has 0 saturated carbocycles. The summed E-state index contributed by atoms with van der Waals surface area (Å²) in [6.07, 6.45) is 0. The summed E-state index contributed by atoms with van der Waals surface area (Å²) in [5, 5.41) is 1.74. The van der Waals surface area contributed by atoms with Gasteiger partial charge in [-0.3, -0.25) is 15.6 Å². The molecule has 1 aromatic heterocycles. The van der Waals surface area contributed by atoms with Crippen LogP contribution in [0, 0.1) is 19.8 Å². The molecule has 0 aliphatic heterocycles. The van der Waals surface area contributed by atoms with Crippen LogP contribution in [0.5, 0.6) is 0 Å². The van der Waals surface area contributed by atoms with E-state index in [1.165, 1.54) is 6.07 Å². The molecule has 0 spiro atoms. The zero-order valence-electron chi connectivity index (χ0n) is 17.3. The standard InChI is InChI=1S/C21H25N5O3S/c1-13(2)19(20(27)24-25-21-22-14(3)11-15(4)23-21)26-30(28,29)18-10-9-16-7-5-6-8-17(16)12-18/h5-13,19,26H,1-4H3,(H,24,27)(H,22,23,25). The molecule has 1 amide bonds. The second-order valence-electron chi connectivity index (χ2n) is 7.44. The molecule has 0 saturated heterocycles. The fraction of sp³-hybridized carbons (Fsp3) is 0.286. The van der Waals surface area contributed by atoms with Gasteiger partial charge in [0.2, 0.25) is 16.0 Å². The zero-order chi connectivity index (χ0) is 21.9. The molecule has 8 nitrogen and oxygen atoms in total. The Balaban J connectivity index is 1.76. The Labute approximate surface area is 176 Å². The van der Waals surface area contributed by atoms with Crippen molar-refractivity contribution in [3.8, 4) is 0 Å². The van der Waals surface area contributed by atoms with Crippen LogP contribution in [0.4, 0.5) is 5.95 Å². The van der Waals surface area contributed by atoms with Gasteiger partial charge in [-0.1, -0.05) is 44.2 Å². The SMILES string of the molecule is Cc1cc(C)nc(NNC(=O)C(NS(=O)(=O)c2ccc3ccccc3c2)C(C)C)n1. The van der Waals surface area contributed by atoms with Crippen molar-refractivity contribution in [3.05, 3.63) is 59.9 Å². The van der Waals surface area contributed by atoms with E-state index in [1.807, 2.05) is 44.2 Å². The molecule has 3 N–H and O–H groups in total. The Hall–Kier alpha value is -3.04. The zero-order valence-corrected chi connectivity index (χ0v) is 18.1. The minimum absolute atomic E-state index is 0.102. The third kappa shape index (κ3) is 5.11. The second kappa shape index (κ2) is 8.76. The first-order chi connectivity index (χ1) is 14.2. The van der Waals surface area contributed by atoms with Crippen LogP contribution in [0.3, 0.4) is 0 Å². The van der Waals surface area contributed by atoms with Crippen LogP contribution < -0.4 is 15.6 Å². The number of amides is 1. The summed E-state index contributed by atoms with van der Waals surface area (Å²) in [6.45, 7) is 7.16. The summed E-state index contributed by atoms with van der Waals surface area (Å²) in [7, 11) is -3.91. The number of rotatable bonds is 7. The molecule has 1 unspecified atom stereocenters. The number of sulfonamides is 1. The molecular formula is C21H25N5O3S. The predicted octanol–water partition coefficient (Wildman–Crippen LogP) is 2.69. The van der Waals surface area contributed by atoms with Gasteiger partial charge in [0.15, 0.2) is 0 Å². The predicted molar refractivity (Wildman–Crippen MR) is 116 cm³/mol. The van der Waals surface area contributed by atoms with Crippen LogP contribution in [0.15, 0.2) is 53.4 Å². The molecule has 1 heterocycles. The number of aromatic nitrogens is 2. The number of hydrogen-bond acceptors (Lipinski definition) is 6. The highest BCUT2D eigenvalue weighted by atomic mass is 32.2. The molecule has 158 valence electrons. The number of hydrogen-bond donors (Lipinski definition) is 3. The van der Waals surface area contributed by atoms with Gasteiger partial charge in [0, 0.05) is 11.4 Å². The largest absolute Gasteiger partial charge is 0.271 e. The molecule has 0 aliphatic carbocycles. The van der Waals surface area contributed by atoms with Crippen LogP contribution in [-0.4, -0.2) is 30.3 Å². The van der Waals surface area contributed by atoms with E-state index in [0.717, 1.165) is 22.2 Å². The van der Waals surface area contributed by atoms with Crippen LogP contribution in [0.1, 0.15) is 25.2 Å². The Morgan fingerprint density at radius 3 is 2.20 bits per heavy atom. The third-order valence-electron chi connectivity index (χ3n) is 4.54. The van der Waals surface area contributed by atoms with Gasteiger partial charge >= 0.3 is 0 Å². The number of carbonyl (C=O) groups excluding carboxylic acids is 1. The number of hydrazine groups is 1. The van der Waals surface area contributed by atoms with Crippen LogP contribution in [0.25, 0.3) is 10.8 Å². The number of fused-ring (bicyclic) bond motifs is 1. The van der Waals surface area contributed by atoms with Crippen molar-refractivity contribution >= 4 is 32.7 Å². The first-order valence-corrected chi connectivity index (χ1v) is 11.0. The van der Waals surface area contributed by atoms with Crippen LogP contribution >= 0.6 is 0 Å². The van der Waals surface area contributed by atoms with Crippen molar-refractivity contribution in [3.63, 3.8) is 0 Å². The van der Waals surface area contributed by atoms with Gasteiger partial charge in [-0.2, -0.15) is 4.72 Å². The van der Waals surface area contributed by atoms with Gasteiger partial charge in [-0.05, 0) is 48.7 Å². The fourth-order valence-electron chi connectivity index (χ4n) is 3.04. The quantitative estimate of drug-likeness (QED) is 0.500. The van der Waals surface area contributed by atoms with Crippen molar-refractivity contribution < 1.29 is 13.2 Å². The summed E-state index contributed by atoms with van der Waals surface area (Å²) in [6, 6.07) is 13.2. The van der Waals surface area contributed by atoms with Crippen LogP contribution in [-0.2, 0) is 14.8 Å². The molecule has 30 heavy (non-hydrogen) atoms. The second-order valence-corrected chi connectivity index (χ2v) is 9.15. The third-order valence-corrected chi connectivity index (χ3v) is 5.98. The Kier molecular flexibility index (Phi) is 6.33. The lowest BCUT2D eigenvalue weighted by atomic mass is 10.1. The highest BCUT2D eigenvalue weighted by Crippen LogP contribution is 2.19. The number of aryl methyl sites for hydroxylation is 2. The molecule has 1 atom stereocenters. The first-order valence-electron chi connectivity index (χ1n) is 9.55. The Bertz CT molecular complexity index is 1160. The van der Waals surface area contributed by atoms with E-state index in [1.54, 1.807) is 26.0 Å². The van der Waals surface area contributed by atoms with E-state index in [-0.39, 0.29) is 16.8 Å². The maximum Gasteiger partial charge on any atom is 0.256 e. The maximum absolute atomic E-state index is 12.9. The molecule has 0 aliphatic rings. The van der Waals surface area contributed by atoms with Gasteiger partial charge in [-0.25, -0.2) is 18.4 Å². The number of carbonyl (C=O) groups is 1. The summed E-state index contributed by atoms with van der Waals surface area (Å²) >= 11 is 0. The highest BCUT2D eigenvalue weighted by Gasteiger charge is 2.28. The molecule has 3 rings (SSSR count). The Morgan fingerprint density at radius 2 is 1.57 bits per heavy atom. The van der Waals surface area contributed by atoms with E-state index in [4.69, 9.17) is 0 Å². The van der Waals surface area contributed by atoms with Crippen molar-refractivity contribution in [1.82, 2.24) is 20.1 Å².